The molecule has 0 unspecified atom stereocenters. The van der Waals surface area contributed by atoms with Crippen molar-refractivity contribution >= 4 is 34.2 Å². The Hall–Kier alpha value is -6.53. The van der Waals surface area contributed by atoms with Crippen LogP contribution in [0.1, 0.15) is 427 Å². The van der Waals surface area contributed by atoms with Gasteiger partial charge in [-0.25, -0.2) is 14.1 Å². The molecular weight excluding hydrogens is 1610 g/mol. The van der Waals surface area contributed by atoms with Crippen molar-refractivity contribution in [3.05, 3.63) is 288 Å². The molecule has 0 saturated heterocycles. The fraction of sp³-hybridized carbons (Fsp3) is 0.565. The van der Waals surface area contributed by atoms with Gasteiger partial charge in [-0.3, -0.25) is 0 Å². The van der Waals surface area contributed by atoms with Crippen molar-refractivity contribution in [3.8, 4) is 0 Å². The van der Waals surface area contributed by atoms with E-state index in [9.17, 15) is 16.6 Å². The molecule has 0 saturated carbocycles. The van der Waals surface area contributed by atoms with E-state index in [1.165, 1.54) is 275 Å². The molecule has 0 aromatic heterocycles. The van der Waals surface area contributed by atoms with Crippen LogP contribution in [0.4, 0.5) is 0 Å². The normalized spacial score (nSPS) is 12.6. The van der Waals surface area contributed by atoms with Crippen LogP contribution in [0, 0.1) is 27.7 Å². The Bertz CT molecular complexity index is 3840. The summed E-state index contributed by atoms with van der Waals surface area (Å²) < 4.78 is 4.37. The van der Waals surface area contributed by atoms with Gasteiger partial charge in [-0.15, -0.1) is 0 Å². The Morgan fingerprint density at radius 1 is 0.256 bits per heavy atom. The summed E-state index contributed by atoms with van der Waals surface area (Å²) in [4.78, 5) is 0. The van der Waals surface area contributed by atoms with Crippen LogP contribution in [0.25, 0.3) is 61.4 Å². The van der Waals surface area contributed by atoms with E-state index in [1.807, 2.05) is 27.7 Å². The summed E-state index contributed by atoms with van der Waals surface area (Å²) >= 11 is 0. The van der Waals surface area contributed by atoms with Crippen LogP contribution in [0.2, 0.25) is 0 Å². The molecule has 3 aliphatic rings. The number of hydrogen-bond donors (Lipinski definition) is 0. The van der Waals surface area contributed by atoms with E-state index in [4.69, 9.17) is 0 Å². The van der Waals surface area contributed by atoms with E-state index >= 15 is 0 Å². The maximum absolute atomic E-state index is 11.8. The van der Waals surface area contributed by atoms with Crippen LogP contribution in [0.5, 0.6) is 0 Å². The minimum Gasteiger partial charge on any atom is -0.663 e. The van der Waals surface area contributed by atoms with E-state index in [2.05, 4.69) is 265 Å². The number of allylic oxidation sites excluding steroid dienone is 6. The molecule has 0 fully saturated rings. The SMILES string of the molecule is CCCCCCCCc1ccc(C2=C(CCCCC)C(CC)=C(c3cccc(CCCCCCCC)c3)[N+]2=[N-])cc1.CCCCCCCCc1ccc(C2=C(CCCCC)C=C(c3cccc(C)c3)[N+]2=[N-])cc1.CCCCCCCCc1ccc(C2=C(CCCCC)C=C(c3cccc(C)c3)[N+]2=[N-])cc1.CC[N-]CC.CC[N-]CC.[CH2-]CCC.[CH2-]CCC.[Ni+2].[Ni+2]. The fourth-order valence-electron chi connectivity index (χ4n) is 15.9. The molecule has 8 nitrogen and oxygen atoms in total. The number of unbranched alkanes of at least 4 members (excludes halogenated alkanes) is 28. The van der Waals surface area contributed by atoms with E-state index in [0.717, 1.165) is 177 Å². The molecule has 0 bridgehead atoms. The molecule has 6 aromatic rings. The molecule has 0 amide bonds. The van der Waals surface area contributed by atoms with Gasteiger partial charge in [-0.05, 0) is 205 Å². The molecule has 0 radical (unpaired) electrons. The van der Waals surface area contributed by atoms with Crippen molar-refractivity contribution in [2.75, 3.05) is 26.2 Å². The fourth-order valence-corrected chi connectivity index (χ4v) is 15.9. The monoisotopic (exact) mass is 1790 g/mol. The van der Waals surface area contributed by atoms with Gasteiger partial charge in [-0.1, -0.05) is 361 Å². The van der Waals surface area contributed by atoms with Crippen molar-refractivity contribution in [2.24, 2.45) is 0 Å². The van der Waals surface area contributed by atoms with Crippen molar-refractivity contribution in [3.63, 3.8) is 0 Å². The number of nitrogens with zero attached hydrogens (tertiary/aromatic N) is 8. The molecule has 9 rings (SSSR count). The predicted octanol–water partition coefficient (Wildman–Crippen LogP) is 37.2. The third kappa shape index (κ3) is 46.0. The van der Waals surface area contributed by atoms with Gasteiger partial charge in [0.25, 0.3) is 0 Å². The smallest absolute Gasteiger partial charge is 0.663 e. The Kier molecular flexibility index (Phi) is 70.2. The number of aryl methyl sites for hydroxylation is 6. The topological polar surface area (TPSA) is 104 Å². The minimum atomic E-state index is 0. The first kappa shape index (κ1) is 116. The van der Waals surface area contributed by atoms with Crippen LogP contribution in [-0.2, 0) is 58.7 Å². The van der Waals surface area contributed by atoms with Gasteiger partial charge in [0.2, 0.25) is 34.2 Å². The van der Waals surface area contributed by atoms with E-state index in [0.29, 0.717) is 0 Å². The van der Waals surface area contributed by atoms with Crippen molar-refractivity contribution < 1.29 is 47.1 Å². The molecule has 0 aliphatic carbocycles. The van der Waals surface area contributed by atoms with Crippen LogP contribution in [0.3, 0.4) is 0 Å². The quantitative estimate of drug-likeness (QED) is 0.0157. The summed E-state index contributed by atoms with van der Waals surface area (Å²) in [5.74, 6) is 0. The van der Waals surface area contributed by atoms with Gasteiger partial charge >= 0.3 is 33.0 Å². The Morgan fingerprint density at radius 2 is 0.528 bits per heavy atom. The van der Waals surface area contributed by atoms with Crippen LogP contribution in [-0.4, -0.2) is 40.3 Å². The maximum atomic E-state index is 11.8. The molecule has 0 atom stereocenters. The van der Waals surface area contributed by atoms with E-state index in [-0.39, 0.29) is 33.0 Å². The van der Waals surface area contributed by atoms with E-state index < -0.39 is 0 Å². The summed E-state index contributed by atoms with van der Waals surface area (Å²) in [6, 6.07) is 52.6. The third-order valence-corrected chi connectivity index (χ3v) is 23.3. The number of hydrogen-bond acceptors (Lipinski definition) is 0. The second-order valence-corrected chi connectivity index (χ2v) is 34.1. The van der Waals surface area contributed by atoms with Gasteiger partial charge in [0.1, 0.15) is 0 Å². The van der Waals surface area contributed by atoms with Crippen LogP contribution < -0.4 is 0 Å². The van der Waals surface area contributed by atoms with Crippen molar-refractivity contribution in [2.45, 2.75) is 400 Å². The van der Waals surface area contributed by atoms with Crippen molar-refractivity contribution in [1.82, 2.24) is 0 Å². The van der Waals surface area contributed by atoms with E-state index in [1.54, 1.807) is 0 Å². The summed E-state index contributed by atoms with van der Waals surface area (Å²) in [5.41, 5.74) is 59.6. The van der Waals surface area contributed by atoms with Crippen molar-refractivity contribution in [1.29, 1.82) is 0 Å². The molecular formula is C115H176N8Ni2. The first-order valence-electron chi connectivity index (χ1n) is 50.3. The van der Waals surface area contributed by atoms with Gasteiger partial charge in [0, 0.05) is 67.8 Å². The van der Waals surface area contributed by atoms with Crippen LogP contribution in [0.15, 0.2) is 180 Å². The Labute approximate surface area is 789 Å². The maximum Gasteiger partial charge on any atom is 2.00 e. The number of benzene rings is 6. The largest absolute Gasteiger partial charge is 2.00 e. The second kappa shape index (κ2) is 75.3. The molecule has 10 heteroatoms. The van der Waals surface area contributed by atoms with Gasteiger partial charge < -0.3 is 41.1 Å². The summed E-state index contributed by atoms with van der Waals surface area (Å²) in [7, 11) is 0. The molecule has 696 valence electrons. The first-order chi connectivity index (χ1) is 60.1. The molecule has 6 aromatic carbocycles. The van der Waals surface area contributed by atoms with Crippen LogP contribution >= 0.6 is 0 Å². The Morgan fingerprint density at radius 3 is 0.832 bits per heavy atom. The predicted molar refractivity (Wildman–Crippen MR) is 543 cm³/mol. The zero-order valence-corrected chi connectivity index (χ0v) is 84.3. The average molecular weight is 1790 g/mol. The van der Waals surface area contributed by atoms with Gasteiger partial charge in [0.15, 0.2) is 0 Å². The zero-order chi connectivity index (χ0) is 89.9. The van der Waals surface area contributed by atoms with Gasteiger partial charge in [0.05, 0.1) is 0 Å². The minimum absolute atomic E-state index is 0. The zero-order valence-electron chi connectivity index (χ0n) is 82.3. The summed E-state index contributed by atoms with van der Waals surface area (Å²) in [5, 5.41) is 7.94. The standard InChI is InChI=1S/C39H58N2.2C30H40N2.2C4H10N.2C4H9.2Ni/c1-5-9-12-14-16-19-22-32-27-29-34(30-28-32)38-37(26-18-11-7-3)36(8-4)39(41(38)40)35-25-21-24-33(31-35)23-20-17-15-13-10-6-2;2*1-4-6-8-9-10-12-15-25-18-20-26(21-19-25)30-28(16-11-7-5-2)23-29(32(30)31)27-17-13-14-24(3)22-27;2*1-3-5-4-2;2*1-3-4-2;;/h21,24-25,27-31H,5-20,22-23,26H2,1-4H3;2*13-14,17-23H,4-12,15-16H2,1-3H3;2*3-4H2,1-2H3;2*1,3-4H2,2H3;;/q;;;4*-1;2*+2. The molecule has 125 heavy (non-hydrogen) atoms. The molecule has 0 N–H and O–H groups in total. The average Bonchev–Trinajstić information content (AvgIpc) is 1.61. The summed E-state index contributed by atoms with van der Waals surface area (Å²) in [6.07, 6.45) is 60.0. The first-order valence-corrected chi connectivity index (χ1v) is 50.3. The molecule has 3 aliphatic heterocycles. The summed E-state index contributed by atoms with van der Waals surface area (Å²) in [6.45, 7) is 45.8. The van der Waals surface area contributed by atoms with Gasteiger partial charge in [-0.2, -0.15) is 39.0 Å². The molecule has 0 spiro atoms. The Balaban J connectivity index is 0.000000850. The molecule has 3 heterocycles. The second-order valence-electron chi connectivity index (χ2n) is 34.1. The number of rotatable bonds is 53. The third-order valence-electron chi connectivity index (χ3n) is 23.3.